The van der Waals surface area contributed by atoms with Gasteiger partial charge in [0.1, 0.15) is 0 Å². The molecular formula is C18H14ClN3. The van der Waals surface area contributed by atoms with E-state index in [4.69, 9.17) is 11.6 Å². The summed E-state index contributed by atoms with van der Waals surface area (Å²) >= 11 is 5.87. The highest BCUT2D eigenvalue weighted by Crippen LogP contribution is 2.16. The summed E-state index contributed by atoms with van der Waals surface area (Å²) < 4.78 is 0. The molecule has 3 nitrogen and oxygen atoms in total. The number of aromatic nitrogens is 1. The fourth-order valence-corrected chi connectivity index (χ4v) is 2.26. The highest BCUT2D eigenvalue weighted by atomic mass is 35.5. The molecule has 0 saturated heterocycles. The van der Waals surface area contributed by atoms with Gasteiger partial charge in [-0.25, -0.2) is 0 Å². The molecule has 1 heterocycles. The van der Waals surface area contributed by atoms with Crippen molar-refractivity contribution in [3.05, 3.63) is 83.7 Å². The summed E-state index contributed by atoms with van der Waals surface area (Å²) in [6.07, 6.45) is 3.47. The molecule has 4 heteroatoms. The van der Waals surface area contributed by atoms with Gasteiger partial charge in [0.05, 0.1) is 17.6 Å². The Morgan fingerprint density at radius 1 is 1.09 bits per heavy atom. The monoisotopic (exact) mass is 307 g/mol. The molecule has 108 valence electrons. The molecule has 3 rings (SSSR count). The molecule has 0 unspecified atom stereocenters. The van der Waals surface area contributed by atoms with Crippen LogP contribution in [-0.2, 0) is 0 Å². The third kappa shape index (κ3) is 3.15. The van der Waals surface area contributed by atoms with E-state index < -0.39 is 0 Å². The quantitative estimate of drug-likeness (QED) is 0.570. The van der Waals surface area contributed by atoms with Gasteiger partial charge >= 0.3 is 0 Å². The van der Waals surface area contributed by atoms with Gasteiger partial charge in [0, 0.05) is 16.6 Å². The predicted molar refractivity (Wildman–Crippen MR) is 93.0 cm³/mol. The molecule has 1 N–H and O–H groups in total. The highest BCUT2D eigenvalue weighted by Gasteiger charge is 1.99. The largest absolute Gasteiger partial charge is 0.278 e. The Morgan fingerprint density at radius 3 is 2.68 bits per heavy atom. The molecule has 3 aromatic rings. The number of hydrazone groups is 1. The zero-order chi connectivity index (χ0) is 15.4. The lowest BCUT2D eigenvalue weighted by molar-refractivity contribution is 1.00. The Kier molecular flexibility index (Phi) is 4.17. The van der Waals surface area contributed by atoms with Crippen molar-refractivity contribution in [3.8, 4) is 0 Å². The van der Waals surface area contributed by atoms with Gasteiger partial charge in [-0.1, -0.05) is 54.6 Å². The number of fused-ring (bicyclic) bond motifs is 1. The summed E-state index contributed by atoms with van der Waals surface area (Å²) in [4.78, 5) is 4.35. The van der Waals surface area contributed by atoms with Crippen molar-refractivity contribution in [1.82, 2.24) is 10.4 Å². The van der Waals surface area contributed by atoms with Crippen LogP contribution >= 0.6 is 11.6 Å². The summed E-state index contributed by atoms with van der Waals surface area (Å²) in [6, 6.07) is 17.5. The van der Waals surface area contributed by atoms with Crippen LogP contribution in [0.15, 0.2) is 72.5 Å². The first-order valence-electron chi connectivity index (χ1n) is 6.82. The van der Waals surface area contributed by atoms with Crippen LogP contribution in [0.3, 0.4) is 0 Å². The minimum absolute atomic E-state index is 0.694. The number of pyridine rings is 1. The van der Waals surface area contributed by atoms with Crippen molar-refractivity contribution in [1.29, 1.82) is 0 Å². The maximum Gasteiger partial charge on any atom is 0.0908 e. The lowest BCUT2D eigenvalue weighted by Gasteiger charge is -2.05. The molecule has 22 heavy (non-hydrogen) atoms. The topological polar surface area (TPSA) is 37.3 Å². The van der Waals surface area contributed by atoms with Crippen LogP contribution in [0.25, 0.3) is 16.5 Å². The maximum absolute atomic E-state index is 5.87. The van der Waals surface area contributed by atoms with E-state index in [-0.39, 0.29) is 0 Å². The van der Waals surface area contributed by atoms with Crippen LogP contribution in [0.4, 0.5) is 0 Å². The first-order chi connectivity index (χ1) is 10.7. The molecule has 1 aromatic heterocycles. The van der Waals surface area contributed by atoms with Crippen LogP contribution in [0.1, 0.15) is 11.3 Å². The zero-order valence-electron chi connectivity index (χ0n) is 11.8. The summed E-state index contributed by atoms with van der Waals surface area (Å²) in [5.41, 5.74) is 5.38. The van der Waals surface area contributed by atoms with Crippen molar-refractivity contribution < 1.29 is 0 Å². The highest BCUT2D eigenvalue weighted by molar-refractivity contribution is 6.30. The molecule has 0 radical (unpaired) electrons. The van der Waals surface area contributed by atoms with E-state index in [1.165, 1.54) is 0 Å². The minimum Gasteiger partial charge on any atom is -0.278 e. The molecule has 0 aliphatic carbocycles. The summed E-state index contributed by atoms with van der Waals surface area (Å²) in [7, 11) is 0. The van der Waals surface area contributed by atoms with Crippen molar-refractivity contribution in [2.75, 3.05) is 0 Å². The molecular weight excluding hydrogens is 294 g/mol. The lowest BCUT2D eigenvalue weighted by atomic mass is 10.1. The number of benzene rings is 2. The Labute approximate surface area is 134 Å². The molecule has 0 bridgehead atoms. The summed E-state index contributed by atoms with van der Waals surface area (Å²) in [5.74, 6) is 0. The molecule has 2 aromatic carbocycles. The fourth-order valence-electron chi connectivity index (χ4n) is 2.13. The second kappa shape index (κ2) is 6.41. The Bertz CT molecular complexity index is 833. The standard InChI is InChI=1S/C18H14ClN3/c1-13(14-6-8-16(19)9-7-14)22-21-12-18-17-5-3-2-4-15(17)10-11-20-18/h2-12,22H,1H2/b21-12+. The molecule has 0 amide bonds. The van der Waals surface area contributed by atoms with Gasteiger partial charge in [0.2, 0.25) is 0 Å². The summed E-state index contributed by atoms with van der Waals surface area (Å²) in [6.45, 7) is 3.96. The van der Waals surface area contributed by atoms with E-state index in [1.54, 1.807) is 12.4 Å². The van der Waals surface area contributed by atoms with Gasteiger partial charge in [0.15, 0.2) is 0 Å². The van der Waals surface area contributed by atoms with Gasteiger partial charge in [-0.3, -0.25) is 10.4 Å². The fraction of sp³-hybridized carbons (Fsp3) is 0. The molecule has 0 aliphatic rings. The van der Waals surface area contributed by atoms with Gasteiger partial charge in [0.25, 0.3) is 0 Å². The smallest absolute Gasteiger partial charge is 0.0908 e. The van der Waals surface area contributed by atoms with Crippen LogP contribution in [0, 0.1) is 0 Å². The third-order valence-electron chi connectivity index (χ3n) is 3.28. The van der Waals surface area contributed by atoms with Gasteiger partial charge in [-0.15, -0.1) is 0 Å². The molecule has 0 fully saturated rings. The Hall–Kier alpha value is -2.65. The molecule has 0 spiro atoms. The van der Waals surface area contributed by atoms with Crippen LogP contribution < -0.4 is 5.43 Å². The van der Waals surface area contributed by atoms with Gasteiger partial charge < -0.3 is 0 Å². The number of hydrogen-bond donors (Lipinski definition) is 1. The van der Waals surface area contributed by atoms with Crippen LogP contribution in [0.2, 0.25) is 5.02 Å². The first kappa shape index (κ1) is 14.3. The van der Waals surface area contributed by atoms with Gasteiger partial charge in [-0.2, -0.15) is 5.10 Å². The van der Waals surface area contributed by atoms with E-state index in [0.717, 1.165) is 22.0 Å². The van der Waals surface area contributed by atoms with Gasteiger partial charge in [-0.05, 0) is 29.1 Å². The second-order valence-electron chi connectivity index (χ2n) is 4.77. The lowest BCUT2D eigenvalue weighted by Crippen LogP contribution is -2.04. The van der Waals surface area contributed by atoms with Crippen LogP contribution in [-0.4, -0.2) is 11.2 Å². The predicted octanol–water partition coefficient (Wildman–Crippen LogP) is 4.48. The number of nitrogens with zero attached hydrogens (tertiary/aromatic N) is 2. The molecule has 0 atom stereocenters. The number of halogens is 1. The van der Waals surface area contributed by atoms with Crippen molar-refractivity contribution in [2.45, 2.75) is 0 Å². The van der Waals surface area contributed by atoms with Crippen molar-refractivity contribution >= 4 is 34.3 Å². The first-order valence-corrected chi connectivity index (χ1v) is 7.19. The molecule has 0 saturated carbocycles. The molecule has 0 aliphatic heterocycles. The van der Waals surface area contributed by atoms with E-state index in [0.29, 0.717) is 10.7 Å². The van der Waals surface area contributed by atoms with E-state index in [2.05, 4.69) is 28.2 Å². The number of nitrogens with one attached hydrogen (secondary N) is 1. The average molecular weight is 308 g/mol. The Morgan fingerprint density at radius 2 is 1.86 bits per heavy atom. The number of rotatable bonds is 4. The van der Waals surface area contributed by atoms with E-state index in [9.17, 15) is 0 Å². The van der Waals surface area contributed by atoms with Crippen molar-refractivity contribution in [3.63, 3.8) is 0 Å². The summed E-state index contributed by atoms with van der Waals surface area (Å²) in [5, 5.41) is 7.11. The normalized spacial score (nSPS) is 11.0. The maximum atomic E-state index is 5.87. The minimum atomic E-state index is 0.694. The van der Waals surface area contributed by atoms with Crippen molar-refractivity contribution in [2.24, 2.45) is 5.10 Å². The SMILES string of the molecule is C=C(N/N=C/c1nccc2ccccc12)c1ccc(Cl)cc1. The third-order valence-corrected chi connectivity index (χ3v) is 3.54. The zero-order valence-corrected chi connectivity index (χ0v) is 12.6. The van der Waals surface area contributed by atoms with E-state index in [1.807, 2.05) is 48.5 Å². The second-order valence-corrected chi connectivity index (χ2v) is 5.21. The number of hydrogen-bond acceptors (Lipinski definition) is 3. The Balaban J connectivity index is 1.76. The van der Waals surface area contributed by atoms with E-state index >= 15 is 0 Å². The average Bonchev–Trinajstić information content (AvgIpc) is 2.55. The van der Waals surface area contributed by atoms with Crippen LogP contribution in [0.5, 0.6) is 0 Å².